The van der Waals surface area contributed by atoms with Crippen molar-refractivity contribution in [2.24, 2.45) is 5.41 Å². The minimum Gasteiger partial charge on any atom is -0.326 e. The number of aromatic amines is 1. The van der Waals surface area contributed by atoms with Crippen LogP contribution in [-0.4, -0.2) is 29.2 Å². The largest absolute Gasteiger partial charge is 0.326 e. The van der Waals surface area contributed by atoms with E-state index in [1.807, 2.05) is 37.3 Å². The third kappa shape index (κ3) is 3.48. The first-order chi connectivity index (χ1) is 10.2. The number of H-pyrrole nitrogens is 1. The molecule has 0 radical (unpaired) electrons. The first-order valence-corrected chi connectivity index (χ1v) is 7.29. The number of piperidine rings is 1. The quantitative estimate of drug-likeness (QED) is 0.814. The second-order valence-corrected chi connectivity index (χ2v) is 5.85. The molecule has 1 amide bonds. The van der Waals surface area contributed by atoms with Gasteiger partial charge in [-0.2, -0.15) is 5.10 Å². The van der Waals surface area contributed by atoms with E-state index in [0.717, 1.165) is 42.9 Å². The number of hydrogen-bond donors (Lipinski definition) is 3. The van der Waals surface area contributed by atoms with E-state index >= 15 is 0 Å². The summed E-state index contributed by atoms with van der Waals surface area (Å²) in [6, 6.07) is 9.72. The summed E-state index contributed by atoms with van der Waals surface area (Å²) < 4.78 is 0. The van der Waals surface area contributed by atoms with E-state index in [1.54, 1.807) is 6.20 Å². The van der Waals surface area contributed by atoms with Gasteiger partial charge in [-0.1, -0.05) is 12.1 Å². The molecule has 118 valence electrons. The van der Waals surface area contributed by atoms with Crippen LogP contribution < -0.4 is 10.6 Å². The van der Waals surface area contributed by atoms with Crippen molar-refractivity contribution in [1.82, 2.24) is 15.5 Å². The Hall–Kier alpha value is -1.85. The zero-order valence-electron chi connectivity index (χ0n) is 12.6. The average molecular weight is 321 g/mol. The summed E-state index contributed by atoms with van der Waals surface area (Å²) in [6.45, 7) is 3.75. The average Bonchev–Trinajstić information content (AvgIpc) is 3.02. The molecule has 5 nitrogen and oxygen atoms in total. The summed E-state index contributed by atoms with van der Waals surface area (Å²) in [6.07, 6.45) is 3.68. The fourth-order valence-electron chi connectivity index (χ4n) is 2.71. The number of carbonyl (C=O) groups is 1. The van der Waals surface area contributed by atoms with Crippen LogP contribution in [-0.2, 0) is 4.79 Å². The Bertz CT molecular complexity index is 621. The topological polar surface area (TPSA) is 69.8 Å². The van der Waals surface area contributed by atoms with Gasteiger partial charge in [0.25, 0.3) is 0 Å². The highest BCUT2D eigenvalue weighted by Crippen LogP contribution is 2.28. The van der Waals surface area contributed by atoms with E-state index in [1.165, 1.54) is 0 Å². The van der Waals surface area contributed by atoms with Gasteiger partial charge in [0.05, 0.1) is 11.1 Å². The summed E-state index contributed by atoms with van der Waals surface area (Å²) in [5, 5.41) is 13.2. The maximum Gasteiger partial charge on any atom is 0.231 e. The van der Waals surface area contributed by atoms with Crippen molar-refractivity contribution in [2.45, 2.75) is 19.8 Å². The molecule has 3 N–H and O–H groups in total. The van der Waals surface area contributed by atoms with Gasteiger partial charge in [0.1, 0.15) is 0 Å². The van der Waals surface area contributed by atoms with Crippen LogP contribution in [0.2, 0.25) is 0 Å². The van der Waals surface area contributed by atoms with E-state index in [0.29, 0.717) is 0 Å². The SMILES string of the molecule is CC1(C(=O)Nc2cccc(-c3ccn[nH]3)c2)CCCNC1.Cl. The van der Waals surface area contributed by atoms with Gasteiger partial charge in [-0.3, -0.25) is 9.89 Å². The number of hydrogen-bond acceptors (Lipinski definition) is 3. The molecule has 1 fully saturated rings. The maximum absolute atomic E-state index is 12.5. The molecule has 22 heavy (non-hydrogen) atoms. The van der Waals surface area contributed by atoms with E-state index in [2.05, 4.69) is 20.8 Å². The highest BCUT2D eigenvalue weighted by molar-refractivity contribution is 5.95. The number of benzene rings is 1. The standard InChI is InChI=1S/C16H20N4O.ClH/c1-16(7-3-8-17-11-16)15(21)19-13-5-2-4-12(10-13)14-6-9-18-20-14;/h2,4-6,9-10,17H,3,7-8,11H2,1H3,(H,18,20)(H,19,21);1H. The van der Waals surface area contributed by atoms with Crippen molar-refractivity contribution >= 4 is 24.0 Å². The van der Waals surface area contributed by atoms with Crippen LogP contribution in [0.3, 0.4) is 0 Å². The molecule has 1 saturated heterocycles. The zero-order valence-corrected chi connectivity index (χ0v) is 13.4. The molecule has 1 atom stereocenters. The Kier molecular flexibility index (Phi) is 5.21. The number of nitrogens with one attached hydrogen (secondary N) is 3. The molecule has 0 bridgehead atoms. The van der Waals surface area contributed by atoms with Gasteiger partial charge in [0.2, 0.25) is 5.91 Å². The molecule has 0 spiro atoms. The van der Waals surface area contributed by atoms with E-state index in [4.69, 9.17) is 0 Å². The molecular formula is C16H21ClN4O. The minimum absolute atomic E-state index is 0. The lowest BCUT2D eigenvalue weighted by Gasteiger charge is -2.32. The Morgan fingerprint density at radius 2 is 2.23 bits per heavy atom. The van der Waals surface area contributed by atoms with Crippen molar-refractivity contribution in [1.29, 1.82) is 0 Å². The maximum atomic E-state index is 12.5. The Labute approximate surface area is 136 Å². The predicted molar refractivity (Wildman–Crippen MR) is 90.1 cm³/mol. The Morgan fingerprint density at radius 3 is 2.91 bits per heavy atom. The van der Waals surface area contributed by atoms with Gasteiger partial charge in [0.15, 0.2) is 0 Å². The number of amides is 1. The van der Waals surface area contributed by atoms with Gasteiger partial charge in [0, 0.05) is 24.0 Å². The third-order valence-corrected chi connectivity index (χ3v) is 4.08. The van der Waals surface area contributed by atoms with Crippen LogP contribution in [0.4, 0.5) is 5.69 Å². The highest BCUT2D eigenvalue weighted by Gasteiger charge is 2.34. The van der Waals surface area contributed by atoms with Crippen molar-refractivity contribution in [3.63, 3.8) is 0 Å². The number of aromatic nitrogens is 2. The molecule has 0 saturated carbocycles. The second kappa shape index (κ2) is 6.94. The van der Waals surface area contributed by atoms with Crippen molar-refractivity contribution in [2.75, 3.05) is 18.4 Å². The van der Waals surface area contributed by atoms with Crippen molar-refractivity contribution in [3.8, 4) is 11.3 Å². The first-order valence-electron chi connectivity index (χ1n) is 7.29. The van der Waals surface area contributed by atoms with Crippen LogP contribution in [0.15, 0.2) is 36.5 Å². The number of anilines is 1. The van der Waals surface area contributed by atoms with E-state index < -0.39 is 0 Å². The number of halogens is 1. The molecule has 1 aromatic carbocycles. The lowest BCUT2D eigenvalue weighted by atomic mass is 9.82. The molecule has 1 aliphatic rings. The van der Waals surface area contributed by atoms with E-state index in [-0.39, 0.29) is 23.7 Å². The Balaban J connectivity index is 0.00000176. The van der Waals surface area contributed by atoms with Crippen molar-refractivity contribution in [3.05, 3.63) is 36.5 Å². The molecule has 2 heterocycles. The van der Waals surface area contributed by atoms with Crippen LogP contribution in [0.25, 0.3) is 11.3 Å². The van der Waals surface area contributed by atoms with E-state index in [9.17, 15) is 4.79 Å². The van der Waals surface area contributed by atoms with Crippen molar-refractivity contribution < 1.29 is 4.79 Å². The molecular weight excluding hydrogens is 300 g/mol. The van der Waals surface area contributed by atoms with Gasteiger partial charge >= 0.3 is 0 Å². The minimum atomic E-state index is -0.331. The summed E-state index contributed by atoms with van der Waals surface area (Å²) in [7, 11) is 0. The Morgan fingerprint density at radius 1 is 1.36 bits per heavy atom. The fraction of sp³-hybridized carbons (Fsp3) is 0.375. The number of rotatable bonds is 3. The first kappa shape index (κ1) is 16.5. The smallest absolute Gasteiger partial charge is 0.231 e. The van der Waals surface area contributed by atoms with Crippen LogP contribution in [0.1, 0.15) is 19.8 Å². The lowest BCUT2D eigenvalue weighted by molar-refractivity contribution is -0.125. The third-order valence-electron chi connectivity index (χ3n) is 4.08. The molecule has 1 aliphatic heterocycles. The summed E-state index contributed by atoms with van der Waals surface area (Å²) in [4.78, 5) is 12.5. The highest BCUT2D eigenvalue weighted by atomic mass is 35.5. The van der Waals surface area contributed by atoms with Gasteiger partial charge in [-0.15, -0.1) is 12.4 Å². The van der Waals surface area contributed by atoms with Crippen LogP contribution in [0.5, 0.6) is 0 Å². The molecule has 2 aromatic rings. The van der Waals surface area contributed by atoms with Crippen LogP contribution >= 0.6 is 12.4 Å². The fourth-order valence-corrected chi connectivity index (χ4v) is 2.71. The van der Waals surface area contributed by atoms with Gasteiger partial charge in [-0.05, 0) is 44.5 Å². The van der Waals surface area contributed by atoms with Gasteiger partial charge in [-0.25, -0.2) is 0 Å². The molecule has 3 rings (SSSR count). The summed E-state index contributed by atoms with van der Waals surface area (Å²) in [5.74, 6) is 0.0801. The zero-order chi connectivity index (χ0) is 14.7. The lowest BCUT2D eigenvalue weighted by Crippen LogP contribution is -2.46. The molecule has 1 unspecified atom stereocenters. The monoisotopic (exact) mass is 320 g/mol. The second-order valence-electron chi connectivity index (χ2n) is 5.85. The number of carbonyl (C=O) groups excluding carboxylic acids is 1. The molecule has 1 aromatic heterocycles. The van der Waals surface area contributed by atoms with Crippen LogP contribution in [0, 0.1) is 5.41 Å². The summed E-state index contributed by atoms with van der Waals surface area (Å²) >= 11 is 0. The molecule has 0 aliphatic carbocycles. The summed E-state index contributed by atoms with van der Waals surface area (Å²) in [5.41, 5.74) is 2.44. The molecule has 6 heteroatoms. The number of nitrogens with zero attached hydrogens (tertiary/aromatic N) is 1. The van der Waals surface area contributed by atoms with Gasteiger partial charge < -0.3 is 10.6 Å². The predicted octanol–water partition coefficient (Wildman–Crippen LogP) is 2.83. The normalized spacial score (nSPS) is 21.0.